The van der Waals surface area contributed by atoms with Gasteiger partial charge in [-0.05, 0) is 70.1 Å². The van der Waals surface area contributed by atoms with E-state index in [4.69, 9.17) is 4.74 Å². The van der Waals surface area contributed by atoms with Crippen LogP contribution in [0.1, 0.15) is 44.9 Å². The van der Waals surface area contributed by atoms with Crippen LogP contribution in [0.4, 0.5) is 0 Å². The van der Waals surface area contributed by atoms with Crippen LogP contribution in [0.15, 0.2) is 30.3 Å². The molecule has 1 saturated heterocycles. The van der Waals surface area contributed by atoms with Crippen molar-refractivity contribution in [2.24, 2.45) is 0 Å². The molecular weight excluding hydrogens is 316 g/mol. The molecule has 5 heteroatoms. The van der Waals surface area contributed by atoms with Gasteiger partial charge in [-0.1, -0.05) is 0 Å². The van der Waals surface area contributed by atoms with Crippen molar-refractivity contribution in [2.75, 3.05) is 26.7 Å². The number of carbonyl (C=O) groups excluding carboxylic acids is 2. The van der Waals surface area contributed by atoms with Crippen LogP contribution < -0.4 is 0 Å². The fourth-order valence-electron chi connectivity index (χ4n) is 3.54. The average Bonchev–Trinajstić information content (AvgIpc) is 3.22. The molecular formula is C20H24N2O3. The molecule has 0 bridgehead atoms. The SMILES string of the molecule is COC(=O)c1ccc(-n2c(C)cc(C(=O)CN3CCCC3)c2C)cc1. The molecule has 132 valence electrons. The van der Waals surface area contributed by atoms with E-state index in [0.717, 1.165) is 35.7 Å². The largest absolute Gasteiger partial charge is 0.465 e. The first kappa shape index (κ1) is 17.4. The minimum absolute atomic E-state index is 0.174. The Morgan fingerprint density at radius 3 is 2.32 bits per heavy atom. The fraction of sp³-hybridized carbons (Fsp3) is 0.400. The molecule has 0 N–H and O–H groups in total. The van der Waals surface area contributed by atoms with Gasteiger partial charge in [0.25, 0.3) is 0 Å². The molecule has 0 unspecified atom stereocenters. The molecule has 0 atom stereocenters. The molecule has 2 aromatic rings. The highest BCUT2D eigenvalue weighted by molar-refractivity contribution is 5.99. The molecule has 0 amide bonds. The van der Waals surface area contributed by atoms with Crippen molar-refractivity contribution in [3.05, 3.63) is 52.8 Å². The van der Waals surface area contributed by atoms with E-state index < -0.39 is 0 Å². The quantitative estimate of drug-likeness (QED) is 0.620. The molecule has 1 aliphatic rings. The number of aryl methyl sites for hydroxylation is 1. The van der Waals surface area contributed by atoms with Gasteiger partial charge in [0, 0.05) is 22.6 Å². The van der Waals surface area contributed by atoms with Crippen LogP contribution in [0.3, 0.4) is 0 Å². The smallest absolute Gasteiger partial charge is 0.337 e. The molecule has 3 rings (SSSR count). The third-order valence-corrected chi connectivity index (χ3v) is 4.84. The lowest BCUT2D eigenvalue weighted by Gasteiger charge is -2.14. The minimum Gasteiger partial charge on any atom is -0.465 e. The number of benzene rings is 1. The Morgan fingerprint density at radius 2 is 1.72 bits per heavy atom. The highest BCUT2D eigenvalue weighted by Crippen LogP contribution is 2.22. The van der Waals surface area contributed by atoms with E-state index in [1.165, 1.54) is 20.0 Å². The molecule has 1 aromatic carbocycles. The van der Waals surface area contributed by atoms with Crippen molar-refractivity contribution >= 4 is 11.8 Å². The van der Waals surface area contributed by atoms with E-state index in [1.54, 1.807) is 12.1 Å². The maximum atomic E-state index is 12.7. The van der Waals surface area contributed by atoms with Gasteiger partial charge in [-0.25, -0.2) is 4.79 Å². The van der Waals surface area contributed by atoms with Gasteiger partial charge < -0.3 is 9.30 Å². The van der Waals surface area contributed by atoms with Gasteiger partial charge in [-0.2, -0.15) is 0 Å². The Labute approximate surface area is 148 Å². The second-order valence-corrected chi connectivity index (χ2v) is 6.57. The maximum Gasteiger partial charge on any atom is 0.337 e. The third-order valence-electron chi connectivity index (χ3n) is 4.84. The van der Waals surface area contributed by atoms with Gasteiger partial charge >= 0.3 is 5.97 Å². The van der Waals surface area contributed by atoms with Crippen LogP contribution >= 0.6 is 0 Å². The van der Waals surface area contributed by atoms with E-state index in [9.17, 15) is 9.59 Å². The van der Waals surface area contributed by atoms with Crippen LogP contribution in [0.5, 0.6) is 0 Å². The molecule has 25 heavy (non-hydrogen) atoms. The number of hydrogen-bond donors (Lipinski definition) is 0. The van der Waals surface area contributed by atoms with E-state index >= 15 is 0 Å². The monoisotopic (exact) mass is 340 g/mol. The van der Waals surface area contributed by atoms with Crippen LogP contribution in [-0.2, 0) is 4.74 Å². The number of likely N-dealkylation sites (tertiary alicyclic amines) is 1. The average molecular weight is 340 g/mol. The summed E-state index contributed by atoms with van der Waals surface area (Å²) in [5, 5.41) is 0. The number of hydrogen-bond acceptors (Lipinski definition) is 4. The molecule has 1 aliphatic heterocycles. The summed E-state index contributed by atoms with van der Waals surface area (Å²) in [7, 11) is 1.37. The number of methoxy groups -OCH3 is 1. The first-order valence-corrected chi connectivity index (χ1v) is 8.64. The van der Waals surface area contributed by atoms with Crippen molar-refractivity contribution in [3.63, 3.8) is 0 Å². The lowest BCUT2D eigenvalue weighted by Crippen LogP contribution is -2.27. The van der Waals surface area contributed by atoms with Gasteiger partial charge in [0.05, 0.1) is 19.2 Å². The van der Waals surface area contributed by atoms with Crippen LogP contribution in [0.2, 0.25) is 0 Å². The zero-order valence-electron chi connectivity index (χ0n) is 15.0. The number of carbonyl (C=O) groups is 2. The summed E-state index contributed by atoms with van der Waals surface area (Å²) in [6.07, 6.45) is 2.36. The highest BCUT2D eigenvalue weighted by Gasteiger charge is 2.21. The lowest BCUT2D eigenvalue weighted by atomic mass is 10.1. The Morgan fingerprint density at radius 1 is 1.08 bits per heavy atom. The number of nitrogens with zero attached hydrogens (tertiary/aromatic N) is 2. The molecule has 5 nitrogen and oxygen atoms in total. The van der Waals surface area contributed by atoms with Crippen LogP contribution in [0, 0.1) is 13.8 Å². The summed E-state index contributed by atoms with van der Waals surface area (Å²) in [5.41, 5.74) is 4.17. The summed E-state index contributed by atoms with van der Waals surface area (Å²) in [6, 6.07) is 9.20. The molecule has 2 heterocycles. The lowest BCUT2D eigenvalue weighted by molar-refractivity contribution is 0.0600. The number of rotatable bonds is 5. The Hall–Kier alpha value is -2.40. The Balaban J connectivity index is 1.86. The number of ketones is 1. The van der Waals surface area contributed by atoms with Crippen molar-refractivity contribution < 1.29 is 14.3 Å². The van der Waals surface area contributed by atoms with Crippen molar-refractivity contribution in [2.45, 2.75) is 26.7 Å². The summed E-state index contributed by atoms with van der Waals surface area (Å²) < 4.78 is 6.79. The van der Waals surface area contributed by atoms with Gasteiger partial charge in [0.1, 0.15) is 0 Å². The topological polar surface area (TPSA) is 51.5 Å². The molecule has 1 fully saturated rings. The molecule has 0 spiro atoms. The van der Waals surface area contributed by atoms with Gasteiger partial charge in [-0.15, -0.1) is 0 Å². The molecule has 0 saturated carbocycles. The normalized spacial score (nSPS) is 14.7. The second kappa shape index (κ2) is 7.23. The van der Waals surface area contributed by atoms with E-state index in [1.807, 2.05) is 32.0 Å². The van der Waals surface area contributed by atoms with Crippen LogP contribution in [0.25, 0.3) is 5.69 Å². The van der Waals surface area contributed by atoms with Crippen molar-refractivity contribution in [3.8, 4) is 5.69 Å². The first-order valence-electron chi connectivity index (χ1n) is 8.64. The summed E-state index contributed by atoms with van der Waals surface area (Å²) in [6.45, 7) is 6.48. The first-order chi connectivity index (χ1) is 12.0. The Bertz CT molecular complexity index is 784. The third kappa shape index (κ3) is 3.51. The summed E-state index contributed by atoms with van der Waals surface area (Å²) >= 11 is 0. The molecule has 0 radical (unpaired) electrons. The van der Waals surface area contributed by atoms with Gasteiger partial charge in [-0.3, -0.25) is 9.69 Å². The van der Waals surface area contributed by atoms with Crippen LogP contribution in [-0.4, -0.2) is 48.0 Å². The number of ether oxygens (including phenoxy) is 1. The van der Waals surface area contributed by atoms with Gasteiger partial charge in [0.2, 0.25) is 0 Å². The predicted molar refractivity (Wildman–Crippen MR) is 96.6 cm³/mol. The number of aromatic nitrogens is 1. The number of Topliss-reactive ketones (excluding diaryl/α,β-unsaturated/α-hetero) is 1. The maximum absolute atomic E-state index is 12.7. The fourth-order valence-corrected chi connectivity index (χ4v) is 3.54. The van der Waals surface area contributed by atoms with E-state index in [-0.39, 0.29) is 11.8 Å². The zero-order valence-corrected chi connectivity index (χ0v) is 15.0. The van der Waals surface area contributed by atoms with E-state index in [0.29, 0.717) is 12.1 Å². The summed E-state index contributed by atoms with van der Waals surface area (Å²) in [5.74, 6) is -0.179. The molecule has 1 aromatic heterocycles. The summed E-state index contributed by atoms with van der Waals surface area (Å²) in [4.78, 5) is 26.5. The second-order valence-electron chi connectivity index (χ2n) is 6.57. The Kier molecular flexibility index (Phi) is 5.04. The zero-order chi connectivity index (χ0) is 18.0. The standard InChI is InChI=1S/C20H24N2O3/c1-14-12-18(19(23)13-21-10-4-5-11-21)15(2)22(14)17-8-6-16(7-9-17)20(24)25-3/h6-9,12H,4-5,10-11,13H2,1-3H3. The molecule has 0 aliphatic carbocycles. The predicted octanol–water partition coefficient (Wildman–Crippen LogP) is 3.16. The highest BCUT2D eigenvalue weighted by atomic mass is 16.5. The van der Waals surface area contributed by atoms with E-state index in [2.05, 4.69) is 9.47 Å². The van der Waals surface area contributed by atoms with Crippen molar-refractivity contribution in [1.29, 1.82) is 0 Å². The van der Waals surface area contributed by atoms with Gasteiger partial charge in [0.15, 0.2) is 5.78 Å². The van der Waals surface area contributed by atoms with Crippen molar-refractivity contribution in [1.82, 2.24) is 9.47 Å². The minimum atomic E-state index is -0.353. The number of esters is 1.